The number of rotatable bonds is 6. The molecule has 1 aromatic carbocycles. The summed E-state index contributed by atoms with van der Waals surface area (Å²) in [6.07, 6.45) is -5.19. The topological polar surface area (TPSA) is 90.5 Å². The van der Waals surface area contributed by atoms with Gasteiger partial charge >= 0.3 is 6.18 Å². The number of nitrogens with two attached hydrogens (primary N) is 1. The molecule has 1 aromatic heterocycles. The number of alkyl halides is 5. The van der Waals surface area contributed by atoms with Crippen LogP contribution in [-0.4, -0.2) is 66.0 Å². The molecule has 2 aromatic rings. The molecule has 0 amide bonds. The van der Waals surface area contributed by atoms with Gasteiger partial charge in [-0.15, -0.1) is 0 Å². The van der Waals surface area contributed by atoms with Crippen LogP contribution in [0, 0.1) is 11.6 Å². The zero-order valence-electron chi connectivity index (χ0n) is 22.2. The molecule has 4 atom stereocenters. The van der Waals surface area contributed by atoms with Gasteiger partial charge in [-0.05, 0) is 31.5 Å². The summed E-state index contributed by atoms with van der Waals surface area (Å²) in [5.74, 6) is -1.89. The third-order valence-electron chi connectivity index (χ3n) is 6.18. The summed E-state index contributed by atoms with van der Waals surface area (Å²) in [6.45, 7) is 4.34. The average Bonchev–Trinajstić information content (AvgIpc) is 3.50. The van der Waals surface area contributed by atoms with Gasteiger partial charge in [0.05, 0.1) is 11.4 Å². The van der Waals surface area contributed by atoms with E-state index in [9.17, 15) is 39.2 Å². The Bertz CT molecular complexity index is 1210. The highest BCUT2D eigenvalue weighted by Gasteiger charge is 2.54. The van der Waals surface area contributed by atoms with Crippen LogP contribution in [0.4, 0.5) is 30.7 Å². The smallest absolute Gasteiger partial charge is 0.357 e. The number of hydrogen-bond donors (Lipinski definition) is 1. The Labute approximate surface area is 228 Å². The fourth-order valence-corrected chi connectivity index (χ4v) is 5.11. The predicted molar refractivity (Wildman–Crippen MR) is 135 cm³/mol. The summed E-state index contributed by atoms with van der Waals surface area (Å²) in [7, 11) is -3.61. The minimum absolute atomic E-state index is 0.0200. The fraction of sp³-hybridized carbons (Fsp3) is 0.560. The van der Waals surface area contributed by atoms with Crippen molar-refractivity contribution in [2.75, 3.05) is 19.1 Å². The number of hydrogen-bond acceptors (Lipinski definition) is 6. The van der Waals surface area contributed by atoms with E-state index in [-0.39, 0.29) is 30.8 Å². The first-order chi connectivity index (χ1) is 18.8. The van der Waals surface area contributed by atoms with Gasteiger partial charge in [-0.1, -0.05) is 26.0 Å². The number of fused-ring (bicyclic) bond motifs is 1. The van der Waals surface area contributed by atoms with Gasteiger partial charge in [0.1, 0.15) is 31.1 Å². The molecule has 7 nitrogen and oxygen atoms in total. The molecule has 3 heterocycles. The fourth-order valence-electron chi connectivity index (χ4n) is 4.34. The van der Waals surface area contributed by atoms with Gasteiger partial charge in [-0.25, -0.2) is 26.0 Å². The second kappa shape index (κ2) is 14.4. The molecular formula is C25H33F7N4O3S. The lowest BCUT2D eigenvalue weighted by Crippen LogP contribution is -2.58. The van der Waals surface area contributed by atoms with Crippen molar-refractivity contribution in [3.8, 4) is 0 Å². The summed E-state index contributed by atoms with van der Waals surface area (Å²) in [6, 6.07) is 0.233. The molecule has 0 spiro atoms. The van der Waals surface area contributed by atoms with Crippen LogP contribution in [0.25, 0.3) is 0 Å². The van der Waals surface area contributed by atoms with Crippen LogP contribution in [0.5, 0.6) is 0 Å². The van der Waals surface area contributed by atoms with Crippen molar-refractivity contribution in [1.82, 2.24) is 14.1 Å². The van der Waals surface area contributed by atoms with Gasteiger partial charge in [0.2, 0.25) is 0 Å². The zero-order valence-corrected chi connectivity index (χ0v) is 23.0. The van der Waals surface area contributed by atoms with Crippen LogP contribution in [-0.2, 0) is 27.8 Å². The minimum atomic E-state index is -4.79. The first-order valence-corrected chi connectivity index (χ1v) is 14.2. The quantitative estimate of drug-likeness (QED) is 0.371. The van der Waals surface area contributed by atoms with E-state index < -0.39 is 65.5 Å². The predicted octanol–water partition coefficient (Wildman–Crippen LogP) is 4.97. The molecular weight excluding hydrogens is 569 g/mol. The van der Waals surface area contributed by atoms with E-state index in [0.29, 0.717) is 11.3 Å². The lowest BCUT2D eigenvalue weighted by atomic mass is 9.89. The third kappa shape index (κ3) is 8.04. The molecule has 0 aliphatic carbocycles. The molecule has 2 aliphatic rings. The molecule has 3 unspecified atom stereocenters. The lowest BCUT2D eigenvalue weighted by molar-refractivity contribution is -0.269. The van der Waals surface area contributed by atoms with Crippen molar-refractivity contribution in [2.45, 2.75) is 70.7 Å². The molecule has 226 valence electrons. The maximum Gasteiger partial charge on any atom is 0.416 e. The molecule has 2 N–H and O–H groups in total. The molecule has 1 fully saturated rings. The maximum atomic E-state index is 14.2. The number of aromatic nitrogens is 2. The number of ether oxygens (including phenoxy) is 1. The van der Waals surface area contributed by atoms with Crippen molar-refractivity contribution in [2.24, 2.45) is 5.73 Å². The van der Waals surface area contributed by atoms with Crippen LogP contribution in [0.2, 0.25) is 0 Å². The zero-order chi connectivity index (χ0) is 30.3. The Kier molecular flexibility index (Phi) is 12.2. The molecule has 2 aliphatic heterocycles. The van der Waals surface area contributed by atoms with Crippen LogP contribution in [0.3, 0.4) is 0 Å². The molecule has 0 radical (unpaired) electrons. The third-order valence-corrected chi connectivity index (χ3v) is 7.67. The van der Waals surface area contributed by atoms with Crippen molar-refractivity contribution < 1.29 is 43.9 Å². The maximum absolute atomic E-state index is 14.2. The summed E-state index contributed by atoms with van der Waals surface area (Å²) in [5, 5.41) is 4.01. The minimum Gasteiger partial charge on any atom is -0.357 e. The summed E-state index contributed by atoms with van der Waals surface area (Å²) < 4.78 is 121. The first kappa shape index (κ1) is 33.7. The van der Waals surface area contributed by atoms with E-state index in [1.54, 1.807) is 0 Å². The molecule has 1 saturated heterocycles. The van der Waals surface area contributed by atoms with E-state index in [1.807, 2.05) is 13.8 Å². The second-order valence-electron chi connectivity index (χ2n) is 8.71. The van der Waals surface area contributed by atoms with Crippen LogP contribution in [0.1, 0.15) is 50.1 Å². The van der Waals surface area contributed by atoms with E-state index >= 15 is 0 Å². The molecule has 4 rings (SSSR count). The van der Waals surface area contributed by atoms with Crippen LogP contribution >= 0.6 is 0 Å². The van der Waals surface area contributed by atoms with Crippen LogP contribution < -0.4 is 5.73 Å². The van der Waals surface area contributed by atoms with Gasteiger partial charge in [0.25, 0.3) is 10.0 Å². The van der Waals surface area contributed by atoms with Crippen molar-refractivity contribution in [3.05, 3.63) is 65.0 Å². The molecule has 40 heavy (non-hydrogen) atoms. The Balaban J connectivity index is 0.000000622. The van der Waals surface area contributed by atoms with E-state index in [2.05, 4.69) is 5.10 Å². The van der Waals surface area contributed by atoms with Gasteiger partial charge in [0.15, 0.2) is 6.10 Å². The Morgan fingerprint density at radius 2 is 1.75 bits per heavy atom. The summed E-state index contributed by atoms with van der Waals surface area (Å²) in [5.41, 5.74) is 6.55. The highest BCUT2D eigenvalue weighted by Crippen LogP contribution is 2.42. The van der Waals surface area contributed by atoms with E-state index in [4.69, 9.17) is 10.5 Å². The molecule has 15 heteroatoms. The van der Waals surface area contributed by atoms with Crippen molar-refractivity contribution in [1.29, 1.82) is 0 Å². The Morgan fingerprint density at radius 1 is 1.12 bits per heavy atom. The summed E-state index contributed by atoms with van der Waals surface area (Å²) in [4.78, 5) is 1.47. The Morgan fingerprint density at radius 3 is 2.27 bits per heavy atom. The second-order valence-corrected chi connectivity index (χ2v) is 10.8. The highest BCUT2D eigenvalue weighted by molar-refractivity contribution is 7.89. The largest absolute Gasteiger partial charge is 0.416 e. The number of benzene rings is 1. The lowest BCUT2D eigenvalue weighted by Gasteiger charge is -2.44. The van der Waals surface area contributed by atoms with Gasteiger partial charge in [-0.2, -0.15) is 22.4 Å². The van der Waals surface area contributed by atoms with Gasteiger partial charge in [0, 0.05) is 42.5 Å². The van der Waals surface area contributed by atoms with E-state index in [1.165, 1.54) is 18.0 Å². The van der Waals surface area contributed by atoms with Crippen molar-refractivity contribution >= 4 is 10.0 Å². The standard InChI is InChI=1S/C19H21F5N4O3S.C4H6F2.C2H6/c1-2-32(29,30)28-8-10-7-27(9-15(10)26-28)16-6-14(25)17(31-18(16)19(22,23)24)12-5-11(20)3-4-13(12)21;5-3-1-2-4-6;1-2/h3-5,8,14,16-18H,2,6-7,9,25H2,1H3;1-2H,3-4H2;1-2H3/b;2-1-;/t14?,16?,17-,18?;;/m1../s1. The van der Waals surface area contributed by atoms with Crippen LogP contribution in [0.15, 0.2) is 36.5 Å². The normalized spacial score (nSPS) is 23.3. The molecule has 0 saturated carbocycles. The Hall–Kier alpha value is -2.49. The molecule has 0 bridgehead atoms. The highest BCUT2D eigenvalue weighted by atomic mass is 32.2. The summed E-state index contributed by atoms with van der Waals surface area (Å²) >= 11 is 0. The average molecular weight is 603 g/mol. The van der Waals surface area contributed by atoms with E-state index in [0.717, 1.165) is 34.4 Å². The SMILES string of the molecule is CC.CCS(=O)(=O)n1cc2c(n1)CN(C1CC(N)[C@@H](c3cc(F)ccc3F)OC1C(F)(F)F)C2.FC/C=C\CF. The first-order valence-electron chi connectivity index (χ1n) is 12.6. The number of nitrogens with zero attached hydrogens (tertiary/aromatic N) is 3. The van der Waals surface area contributed by atoms with Gasteiger partial charge in [-0.3, -0.25) is 4.90 Å². The monoisotopic (exact) mass is 602 g/mol. The number of allylic oxidation sites excluding steroid dienone is 2. The number of halogens is 7. The van der Waals surface area contributed by atoms with Crippen molar-refractivity contribution in [3.63, 3.8) is 0 Å². The van der Waals surface area contributed by atoms with Gasteiger partial charge < -0.3 is 10.5 Å².